The van der Waals surface area contributed by atoms with Gasteiger partial charge >= 0.3 is 0 Å². The molecule has 0 bridgehead atoms. The molecule has 6 heteroatoms. The summed E-state index contributed by atoms with van der Waals surface area (Å²) < 4.78 is 4.83. The van der Waals surface area contributed by atoms with Crippen molar-refractivity contribution in [3.05, 3.63) is 34.9 Å². The smallest absolute Gasteiger partial charge is 0.239 e. The number of rotatable bonds is 7. The Hall–Kier alpha value is -1.59. The molecule has 0 radical (unpaired) electrons. The van der Waals surface area contributed by atoms with Gasteiger partial charge in [0, 0.05) is 24.6 Å². The lowest BCUT2D eigenvalue weighted by Crippen LogP contribution is -2.38. The van der Waals surface area contributed by atoms with Crippen LogP contribution in [0.4, 0.5) is 0 Å². The van der Waals surface area contributed by atoms with Crippen molar-refractivity contribution in [3.8, 4) is 0 Å². The van der Waals surface area contributed by atoms with E-state index >= 15 is 0 Å². The summed E-state index contributed by atoms with van der Waals surface area (Å²) in [6, 6.07) is 7.55. The van der Waals surface area contributed by atoms with Crippen molar-refractivity contribution < 1.29 is 14.3 Å². The Kier molecular flexibility index (Phi) is 5.59. The van der Waals surface area contributed by atoms with E-state index in [9.17, 15) is 9.59 Å². The molecular formula is C15H19ClN2O3. The van der Waals surface area contributed by atoms with Crippen molar-refractivity contribution in [2.24, 2.45) is 5.92 Å². The molecule has 1 saturated carbocycles. The highest BCUT2D eigenvalue weighted by Crippen LogP contribution is 2.49. The third-order valence-corrected chi connectivity index (χ3v) is 3.83. The first-order valence-electron chi connectivity index (χ1n) is 6.91. The number of hydrogen-bond donors (Lipinski definition) is 2. The number of halogens is 1. The van der Waals surface area contributed by atoms with Crippen molar-refractivity contribution in [2.45, 2.75) is 12.3 Å². The number of benzene rings is 1. The second kappa shape index (κ2) is 7.43. The van der Waals surface area contributed by atoms with Crippen LogP contribution in [0.15, 0.2) is 24.3 Å². The molecule has 0 spiro atoms. The van der Waals surface area contributed by atoms with Crippen LogP contribution in [0.2, 0.25) is 5.02 Å². The number of carbonyl (C=O) groups excluding carboxylic acids is 2. The van der Waals surface area contributed by atoms with Gasteiger partial charge in [0.1, 0.15) is 0 Å². The van der Waals surface area contributed by atoms with Crippen LogP contribution in [-0.2, 0) is 14.3 Å². The van der Waals surface area contributed by atoms with Crippen LogP contribution in [0.25, 0.3) is 0 Å². The molecule has 1 fully saturated rings. The summed E-state index contributed by atoms with van der Waals surface area (Å²) in [6.07, 6.45) is 0.779. The number of carbonyl (C=O) groups is 2. The minimum absolute atomic E-state index is 0.00567. The molecule has 2 N–H and O–H groups in total. The zero-order valence-electron chi connectivity index (χ0n) is 11.9. The fraction of sp³-hybridized carbons (Fsp3) is 0.467. The zero-order valence-corrected chi connectivity index (χ0v) is 12.7. The number of amides is 2. The number of methoxy groups -OCH3 is 1. The molecule has 2 unspecified atom stereocenters. The molecule has 114 valence electrons. The van der Waals surface area contributed by atoms with Gasteiger partial charge in [0.05, 0.1) is 13.2 Å². The average Bonchev–Trinajstić information content (AvgIpc) is 3.26. The number of ether oxygens (including phenoxy) is 1. The first-order chi connectivity index (χ1) is 10.1. The highest BCUT2D eigenvalue weighted by molar-refractivity contribution is 6.31. The topological polar surface area (TPSA) is 67.4 Å². The SMILES string of the molecule is COCCNC(=O)CNC(=O)C1CC1c1ccccc1Cl. The second-order valence-corrected chi connectivity index (χ2v) is 5.44. The summed E-state index contributed by atoms with van der Waals surface area (Å²) in [5.41, 5.74) is 1.00. The summed E-state index contributed by atoms with van der Waals surface area (Å²) in [4.78, 5) is 23.4. The van der Waals surface area contributed by atoms with E-state index in [0.717, 1.165) is 12.0 Å². The van der Waals surface area contributed by atoms with E-state index in [4.69, 9.17) is 16.3 Å². The van der Waals surface area contributed by atoms with Gasteiger partial charge in [0.15, 0.2) is 0 Å². The Morgan fingerprint density at radius 3 is 2.81 bits per heavy atom. The Morgan fingerprint density at radius 1 is 1.33 bits per heavy atom. The molecule has 0 aliphatic heterocycles. The van der Waals surface area contributed by atoms with E-state index in [1.54, 1.807) is 7.11 Å². The van der Waals surface area contributed by atoms with Gasteiger partial charge in [-0.15, -0.1) is 0 Å². The van der Waals surface area contributed by atoms with E-state index in [1.165, 1.54) is 0 Å². The van der Waals surface area contributed by atoms with Crippen LogP contribution in [0.5, 0.6) is 0 Å². The van der Waals surface area contributed by atoms with Crippen molar-refractivity contribution >= 4 is 23.4 Å². The predicted molar refractivity (Wildman–Crippen MR) is 80.2 cm³/mol. The van der Waals surface area contributed by atoms with E-state index in [2.05, 4.69) is 10.6 Å². The molecule has 0 heterocycles. The molecule has 1 aromatic rings. The Morgan fingerprint density at radius 2 is 2.10 bits per heavy atom. The van der Waals surface area contributed by atoms with E-state index in [-0.39, 0.29) is 30.2 Å². The van der Waals surface area contributed by atoms with Gasteiger partial charge in [0.25, 0.3) is 0 Å². The summed E-state index contributed by atoms with van der Waals surface area (Å²) in [7, 11) is 1.57. The van der Waals surface area contributed by atoms with Crippen LogP contribution in [-0.4, -0.2) is 38.6 Å². The molecule has 2 atom stereocenters. The highest BCUT2D eigenvalue weighted by atomic mass is 35.5. The summed E-state index contributed by atoms with van der Waals surface area (Å²) in [6.45, 7) is 0.891. The van der Waals surface area contributed by atoms with Crippen molar-refractivity contribution in [1.82, 2.24) is 10.6 Å². The summed E-state index contributed by atoms with van der Waals surface area (Å²) in [5.74, 6) is -0.232. The molecule has 0 saturated heterocycles. The van der Waals surface area contributed by atoms with Gasteiger partial charge in [-0.2, -0.15) is 0 Å². The third-order valence-electron chi connectivity index (χ3n) is 3.48. The second-order valence-electron chi connectivity index (χ2n) is 5.03. The van der Waals surface area contributed by atoms with E-state index < -0.39 is 0 Å². The molecule has 1 aliphatic rings. The fourth-order valence-electron chi connectivity index (χ4n) is 2.26. The van der Waals surface area contributed by atoms with Crippen LogP contribution in [0, 0.1) is 5.92 Å². The molecular weight excluding hydrogens is 292 g/mol. The Balaban J connectivity index is 1.74. The number of hydrogen-bond acceptors (Lipinski definition) is 3. The maximum atomic E-state index is 12.0. The lowest BCUT2D eigenvalue weighted by Gasteiger charge is -2.07. The van der Waals surface area contributed by atoms with E-state index in [1.807, 2.05) is 24.3 Å². The third kappa shape index (κ3) is 4.44. The van der Waals surface area contributed by atoms with Crippen molar-refractivity contribution in [2.75, 3.05) is 26.8 Å². The zero-order chi connectivity index (χ0) is 15.2. The predicted octanol–water partition coefficient (Wildman–Crippen LogP) is 1.32. The minimum atomic E-state index is -0.213. The Bertz CT molecular complexity index is 521. The maximum Gasteiger partial charge on any atom is 0.239 e. The lowest BCUT2D eigenvalue weighted by molar-refractivity contribution is -0.126. The molecule has 2 amide bonds. The molecule has 2 rings (SSSR count). The van der Waals surface area contributed by atoms with E-state index in [0.29, 0.717) is 18.2 Å². The van der Waals surface area contributed by atoms with Crippen LogP contribution in [0.1, 0.15) is 17.9 Å². The normalized spacial score (nSPS) is 19.9. The quantitative estimate of drug-likeness (QED) is 0.747. The van der Waals surface area contributed by atoms with Crippen molar-refractivity contribution in [3.63, 3.8) is 0 Å². The van der Waals surface area contributed by atoms with Crippen LogP contribution in [0.3, 0.4) is 0 Å². The fourth-order valence-corrected chi connectivity index (χ4v) is 2.53. The lowest BCUT2D eigenvalue weighted by atomic mass is 10.1. The summed E-state index contributed by atoms with van der Waals surface area (Å²) in [5, 5.41) is 6.00. The van der Waals surface area contributed by atoms with Crippen molar-refractivity contribution in [1.29, 1.82) is 0 Å². The maximum absolute atomic E-state index is 12.0. The van der Waals surface area contributed by atoms with Gasteiger partial charge in [0.2, 0.25) is 11.8 Å². The molecule has 21 heavy (non-hydrogen) atoms. The average molecular weight is 311 g/mol. The Labute approximate surface area is 129 Å². The standard InChI is InChI=1S/C15H19ClN2O3/c1-21-7-6-17-14(19)9-18-15(20)12-8-11(12)10-4-2-3-5-13(10)16/h2-5,11-12H,6-9H2,1H3,(H,17,19)(H,18,20). The minimum Gasteiger partial charge on any atom is -0.383 e. The van der Waals surface area contributed by atoms with Crippen LogP contribution >= 0.6 is 11.6 Å². The highest BCUT2D eigenvalue weighted by Gasteiger charge is 2.44. The molecule has 0 aromatic heterocycles. The number of nitrogens with one attached hydrogen (secondary N) is 2. The van der Waals surface area contributed by atoms with Gasteiger partial charge in [-0.3, -0.25) is 9.59 Å². The first kappa shape index (κ1) is 15.8. The molecule has 5 nitrogen and oxygen atoms in total. The largest absolute Gasteiger partial charge is 0.383 e. The molecule has 1 aliphatic carbocycles. The summed E-state index contributed by atoms with van der Waals surface area (Å²) >= 11 is 6.12. The first-order valence-corrected chi connectivity index (χ1v) is 7.29. The van der Waals surface area contributed by atoms with Gasteiger partial charge in [-0.05, 0) is 24.0 Å². The van der Waals surface area contributed by atoms with Gasteiger partial charge in [-0.1, -0.05) is 29.8 Å². The van der Waals surface area contributed by atoms with Gasteiger partial charge < -0.3 is 15.4 Å². The molecule has 1 aromatic carbocycles. The van der Waals surface area contributed by atoms with Gasteiger partial charge in [-0.25, -0.2) is 0 Å². The van der Waals surface area contributed by atoms with Crippen LogP contribution < -0.4 is 10.6 Å². The monoisotopic (exact) mass is 310 g/mol.